The number of aliphatic hydroxyl groups is 1. The third-order valence-corrected chi connectivity index (χ3v) is 8.21. The van der Waals surface area contributed by atoms with Gasteiger partial charge in [0.2, 0.25) is 5.91 Å². The monoisotopic (exact) mass is 423 g/mol. The molecule has 3 fully saturated rings. The smallest absolute Gasteiger partial charge is 0.393 e. The highest BCUT2D eigenvalue weighted by atomic mass is 19.4. The number of pyridine rings is 1. The van der Waals surface area contributed by atoms with Gasteiger partial charge in [0, 0.05) is 50.0 Å². The van der Waals surface area contributed by atoms with Crippen LogP contribution in [-0.4, -0.2) is 57.1 Å². The molecule has 1 spiro atoms. The number of halogens is 3. The van der Waals surface area contributed by atoms with Crippen molar-refractivity contribution in [1.82, 2.24) is 14.8 Å². The molecule has 1 N–H and O–H groups in total. The quantitative estimate of drug-likeness (QED) is 0.755. The number of alkyl halides is 3. The van der Waals surface area contributed by atoms with E-state index in [1.54, 1.807) is 0 Å². The molecule has 164 valence electrons. The molecule has 2 unspecified atom stereocenters. The lowest BCUT2D eigenvalue weighted by Crippen LogP contribution is -2.43. The highest BCUT2D eigenvalue weighted by Gasteiger charge is 2.61. The molecule has 4 heterocycles. The number of piperidine rings is 1. The van der Waals surface area contributed by atoms with E-state index in [-0.39, 0.29) is 30.5 Å². The van der Waals surface area contributed by atoms with Crippen LogP contribution in [0.2, 0.25) is 0 Å². The molecule has 0 radical (unpaired) electrons. The number of amides is 1. The summed E-state index contributed by atoms with van der Waals surface area (Å²) in [6, 6.07) is 1.52. The molecule has 30 heavy (non-hydrogen) atoms. The molecule has 5 nitrogen and oxygen atoms in total. The van der Waals surface area contributed by atoms with Crippen molar-refractivity contribution in [2.45, 2.75) is 76.4 Å². The summed E-state index contributed by atoms with van der Waals surface area (Å²) in [5, 5.41) is 9.79. The van der Waals surface area contributed by atoms with Crippen molar-refractivity contribution >= 4 is 5.91 Å². The number of rotatable bonds is 1. The first-order valence-electron chi connectivity index (χ1n) is 11.0. The Bertz CT molecular complexity index is 853. The Balaban J connectivity index is 1.37. The van der Waals surface area contributed by atoms with Crippen molar-refractivity contribution in [2.24, 2.45) is 11.3 Å². The van der Waals surface area contributed by atoms with Crippen molar-refractivity contribution in [3.63, 3.8) is 0 Å². The zero-order valence-electron chi connectivity index (χ0n) is 17.2. The summed E-state index contributed by atoms with van der Waals surface area (Å²) in [4.78, 5) is 21.9. The molecule has 1 saturated carbocycles. The maximum atomic E-state index is 13.6. The third-order valence-electron chi connectivity index (χ3n) is 8.21. The molecule has 1 amide bonds. The predicted molar refractivity (Wildman–Crippen MR) is 103 cm³/mol. The lowest BCUT2D eigenvalue weighted by atomic mass is 9.73. The summed E-state index contributed by atoms with van der Waals surface area (Å²) in [6.07, 6.45) is 0.985. The van der Waals surface area contributed by atoms with Crippen molar-refractivity contribution in [1.29, 1.82) is 0 Å². The highest BCUT2D eigenvalue weighted by molar-refractivity contribution is 5.87. The average Bonchev–Trinajstić information content (AvgIpc) is 3.24. The fraction of sp³-hybridized carbons (Fsp3) is 0.727. The van der Waals surface area contributed by atoms with E-state index in [1.807, 2.05) is 4.90 Å². The number of aliphatic hydroxyl groups excluding tert-OH is 1. The summed E-state index contributed by atoms with van der Waals surface area (Å²) < 4.78 is 39.3. The molecule has 4 aliphatic rings. The van der Waals surface area contributed by atoms with Gasteiger partial charge in [-0.1, -0.05) is 6.92 Å². The molecular weight excluding hydrogens is 395 g/mol. The van der Waals surface area contributed by atoms with Crippen LogP contribution in [0.25, 0.3) is 0 Å². The second kappa shape index (κ2) is 6.92. The number of aromatic nitrogens is 1. The van der Waals surface area contributed by atoms with E-state index in [0.717, 1.165) is 57.5 Å². The first kappa shape index (κ1) is 20.2. The molecule has 0 aromatic carbocycles. The Morgan fingerprint density at radius 2 is 1.97 bits per heavy atom. The van der Waals surface area contributed by atoms with Crippen LogP contribution in [-0.2, 0) is 23.9 Å². The Labute approximate surface area is 174 Å². The average molecular weight is 423 g/mol. The molecule has 8 heteroatoms. The summed E-state index contributed by atoms with van der Waals surface area (Å²) >= 11 is 0. The van der Waals surface area contributed by atoms with E-state index in [0.29, 0.717) is 23.7 Å². The van der Waals surface area contributed by atoms with Gasteiger partial charge in [0.15, 0.2) is 0 Å². The topological polar surface area (TPSA) is 56.7 Å². The molecule has 1 aromatic rings. The summed E-state index contributed by atoms with van der Waals surface area (Å²) in [5.41, 5.74) is 0.0568. The minimum Gasteiger partial charge on any atom is -0.393 e. The Hall–Kier alpha value is -1.67. The van der Waals surface area contributed by atoms with E-state index in [4.69, 9.17) is 0 Å². The first-order chi connectivity index (χ1) is 14.2. The van der Waals surface area contributed by atoms with Crippen LogP contribution in [0.3, 0.4) is 0 Å². The number of carbonyl (C=O) groups is 1. The molecule has 3 aliphatic heterocycles. The third kappa shape index (κ3) is 3.06. The predicted octanol–water partition coefficient (Wildman–Crippen LogP) is 3.00. The van der Waals surface area contributed by atoms with E-state index in [1.165, 1.54) is 0 Å². The van der Waals surface area contributed by atoms with Crippen LogP contribution in [0.15, 0.2) is 12.3 Å². The summed E-state index contributed by atoms with van der Waals surface area (Å²) in [6.45, 7) is 4.10. The number of hydrogen-bond donors (Lipinski definition) is 1. The van der Waals surface area contributed by atoms with E-state index >= 15 is 0 Å². The standard InChI is InChI=1S/C22H28F3N3O2/c1-13-19-9-18-14(8-15(11-26-18)22(23,24)25)12-28(19)20(30)21(13)5-2-16(10-21)27-6-3-17(29)4-7-27/h8,11,13,16-17,19,29H,2-7,9-10,12H2,1H3/t13?,16-,19?,21+/m1/s1. The van der Waals surface area contributed by atoms with Crippen LogP contribution in [0.4, 0.5) is 13.2 Å². The van der Waals surface area contributed by atoms with Gasteiger partial charge < -0.3 is 14.9 Å². The largest absolute Gasteiger partial charge is 0.417 e. The molecule has 1 aliphatic carbocycles. The van der Waals surface area contributed by atoms with Crippen LogP contribution >= 0.6 is 0 Å². The van der Waals surface area contributed by atoms with E-state index in [9.17, 15) is 23.1 Å². The highest BCUT2D eigenvalue weighted by Crippen LogP contribution is 2.55. The SMILES string of the molecule is CC1C2Cc3ncc(C(F)(F)F)cc3CN2C(=O)[C@]12CC[C@@H](N1CCC(O)CC1)C2. The molecule has 2 saturated heterocycles. The summed E-state index contributed by atoms with van der Waals surface area (Å²) in [5.74, 6) is 0.269. The van der Waals surface area contributed by atoms with Gasteiger partial charge in [-0.05, 0) is 49.7 Å². The van der Waals surface area contributed by atoms with Crippen LogP contribution in [0, 0.1) is 11.3 Å². The molecular formula is C22H28F3N3O2. The fourth-order valence-corrected chi connectivity index (χ4v) is 6.36. The molecule has 4 atom stereocenters. The number of fused-ring (bicyclic) bond motifs is 2. The number of hydrogen-bond acceptors (Lipinski definition) is 4. The van der Waals surface area contributed by atoms with Crippen LogP contribution in [0.1, 0.15) is 55.8 Å². The van der Waals surface area contributed by atoms with Gasteiger partial charge in [-0.3, -0.25) is 9.78 Å². The Morgan fingerprint density at radius 1 is 1.23 bits per heavy atom. The lowest BCUT2D eigenvalue weighted by Gasteiger charge is -2.35. The van der Waals surface area contributed by atoms with Gasteiger partial charge >= 0.3 is 6.18 Å². The molecule has 1 aromatic heterocycles. The molecule has 5 rings (SSSR count). The van der Waals surface area contributed by atoms with Gasteiger partial charge in [0.25, 0.3) is 0 Å². The van der Waals surface area contributed by atoms with Gasteiger partial charge in [-0.25, -0.2) is 0 Å². The normalized spacial score (nSPS) is 35.2. The van der Waals surface area contributed by atoms with E-state index in [2.05, 4.69) is 16.8 Å². The summed E-state index contributed by atoms with van der Waals surface area (Å²) in [7, 11) is 0. The van der Waals surface area contributed by atoms with Crippen molar-refractivity contribution in [3.05, 3.63) is 29.1 Å². The van der Waals surface area contributed by atoms with Gasteiger partial charge in [0.05, 0.1) is 17.1 Å². The van der Waals surface area contributed by atoms with Crippen molar-refractivity contribution < 1.29 is 23.1 Å². The zero-order chi connectivity index (χ0) is 21.3. The number of nitrogens with zero attached hydrogens (tertiary/aromatic N) is 3. The Kier molecular flexibility index (Phi) is 4.67. The van der Waals surface area contributed by atoms with Crippen LogP contribution < -0.4 is 0 Å². The van der Waals surface area contributed by atoms with Crippen LogP contribution in [0.5, 0.6) is 0 Å². The van der Waals surface area contributed by atoms with Gasteiger partial charge in [0.1, 0.15) is 0 Å². The fourth-order valence-electron chi connectivity index (χ4n) is 6.36. The molecule has 0 bridgehead atoms. The minimum absolute atomic E-state index is 0.0103. The maximum Gasteiger partial charge on any atom is 0.417 e. The second-order valence-corrected chi connectivity index (χ2v) is 9.64. The number of carbonyl (C=O) groups excluding carboxylic acids is 1. The van der Waals surface area contributed by atoms with Crippen molar-refractivity contribution in [2.75, 3.05) is 13.1 Å². The Morgan fingerprint density at radius 3 is 2.67 bits per heavy atom. The lowest BCUT2D eigenvalue weighted by molar-refractivity contribution is -0.138. The first-order valence-corrected chi connectivity index (χ1v) is 11.0. The van der Waals surface area contributed by atoms with Gasteiger partial charge in [-0.15, -0.1) is 0 Å². The zero-order valence-corrected chi connectivity index (χ0v) is 17.2. The van der Waals surface area contributed by atoms with Gasteiger partial charge in [-0.2, -0.15) is 13.2 Å². The van der Waals surface area contributed by atoms with Crippen molar-refractivity contribution in [3.8, 4) is 0 Å². The maximum absolute atomic E-state index is 13.6. The van der Waals surface area contributed by atoms with E-state index < -0.39 is 17.2 Å². The number of likely N-dealkylation sites (tertiary alicyclic amines) is 1. The second-order valence-electron chi connectivity index (χ2n) is 9.64. The minimum atomic E-state index is -4.43.